The maximum absolute atomic E-state index is 3.97. The molecule has 5 fully saturated rings. The van der Waals surface area contributed by atoms with Gasteiger partial charge in [0.05, 0.1) is 6.17 Å². The summed E-state index contributed by atoms with van der Waals surface area (Å²) in [5.41, 5.74) is 0.519. The lowest BCUT2D eigenvalue weighted by Gasteiger charge is -2.61. The van der Waals surface area contributed by atoms with Gasteiger partial charge in [-0.15, -0.1) is 0 Å². The first-order valence-corrected chi connectivity index (χ1v) is 9.94. The van der Waals surface area contributed by atoms with Gasteiger partial charge in [0.2, 0.25) is 0 Å². The van der Waals surface area contributed by atoms with E-state index in [-0.39, 0.29) is 0 Å². The number of hydrogen-bond donors (Lipinski definition) is 2. The van der Waals surface area contributed by atoms with E-state index in [9.17, 15) is 0 Å². The van der Waals surface area contributed by atoms with Crippen LogP contribution in [0.25, 0.3) is 0 Å². The monoisotopic (exact) mass is 303 g/mol. The Hall–Kier alpha value is -0.120. The van der Waals surface area contributed by atoms with Crippen molar-refractivity contribution < 1.29 is 0 Å². The van der Waals surface area contributed by atoms with Crippen LogP contribution in [-0.4, -0.2) is 42.3 Å². The fourth-order valence-electron chi connectivity index (χ4n) is 7.37. The highest BCUT2D eigenvalue weighted by atomic mass is 15.4. The van der Waals surface area contributed by atoms with E-state index in [0.717, 1.165) is 35.9 Å². The van der Waals surface area contributed by atoms with Crippen molar-refractivity contribution in [3.8, 4) is 0 Å². The van der Waals surface area contributed by atoms with E-state index in [1.165, 1.54) is 58.0 Å². The molecule has 3 heteroatoms. The normalized spacial score (nSPS) is 53.5. The third-order valence-electron chi connectivity index (χ3n) is 8.22. The number of hydrogen-bond acceptors (Lipinski definition) is 3. The number of nitrogens with one attached hydrogen (secondary N) is 2. The van der Waals surface area contributed by atoms with Crippen LogP contribution in [0, 0.1) is 23.2 Å². The number of rotatable bonds is 0. The van der Waals surface area contributed by atoms with Crippen molar-refractivity contribution in [3.63, 3.8) is 0 Å². The van der Waals surface area contributed by atoms with Crippen LogP contribution in [0.4, 0.5) is 0 Å². The predicted molar refractivity (Wildman–Crippen MR) is 89.6 cm³/mol. The Kier molecular flexibility index (Phi) is 3.20. The summed E-state index contributed by atoms with van der Waals surface area (Å²) in [4.78, 5) is 3.03. The summed E-state index contributed by atoms with van der Waals surface area (Å²) in [6, 6.07) is 2.47. The summed E-state index contributed by atoms with van der Waals surface area (Å²) in [5.74, 6) is 2.72. The molecule has 5 aliphatic rings. The SMILES string of the molecule is CC1(C)C2CCCNC2N2C3CCCNC3C3CCCC1C32. The van der Waals surface area contributed by atoms with Gasteiger partial charge in [0.1, 0.15) is 0 Å². The molecule has 7 atom stereocenters. The molecule has 0 aromatic rings. The van der Waals surface area contributed by atoms with Gasteiger partial charge in [0, 0.05) is 18.1 Å². The lowest BCUT2D eigenvalue weighted by atomic mass is 9.55. The van der Waals surface area contributed by atoms with Crippen molar-refractivity contribution in [3.05, 3.63) is 0 Å². The van der Waals surface area contributed by atoms with Gasteiger partial charge in [-0.25, -0.2) is 0 Å². The maximum Gasteiger partial charge on any atom is 0.0637 e. The molecule has 0 aromatic carbocycles. The fourth-order valence-corrected chi connectivity index (χ4v) is 7.37. The summed E-state index contributed by atoms with van der Waals surface area (Å²) < 4.78 is 0. The second kappa shape index (κ2) is 4.94. The Morgan fingerprint density at radius 1 is 0.864 bits per heavy atom. The Balaban J connectivity index is 1.59. The van der Waals surface area contributed by atoms with Crippen molar-refractivity contribution in [1.29, 1.82) is 0 Å². The molecule has 1 aliphatic carbocycles. The smallest absolute Gasteiger partial charge is 0.0637 e. The highest BCUT2D eigenvalue weighted by molar-refractivity contribution is 5.16. The van der Waals surface area contributed by atoms with Crippen LogP contribution in [-0.2, 0) is 0 Å². The quantitative estimate of drug-likeness (QED) is 0.720. The first-order chi connectivity index (χ1) is 10.7. The number of piperidine rings is 3. The zero-order chi connectivity index (χ0) is 14.9. The molecule has 4 aliphatic heterocycles. The summed E-state index contributed by atoms with van der Waals surface area (Å²) >= 11 is 0. The van der Waals surface area contributed by atoms with E-state index in [1.54, 1.807) is 0 Å². The molecule has 22 heavy (non-hydrogen) atoms. The van der Waals surface area contributed by atoms with Crippen LogP contribution < -0.4 is 10.6 Å². The number of nitrogens with zero attached hydrogens (tertiary/aromatic N) is 1. The van der Waals surface area contributed by atoms with E-state index in [0.29, 0.717) is 11.6 Å². The van der Waals surface area contributed by atoms with Crippen molar-refractivity contribution in [2.24, 2.45) is 23.2 Å². The van der Waals surface area contributed by atoms with E-state index in [1.807, 2.05) is 0 Å². The highest BCUT2D eigenvalue weighted by Gasteiger charge is 2.63. The topological polar surface area (TPSA) is 27.3 Å². The van der Waals surface area contributed by atoms with Gasteiger partial charge < -0.3 is 10.6 Å². The zero-order valence-electron chi connectivity index (χ0n) is 14.4. The Labute approximate surface area is 135 Å². The minimum atomic E-state index is 0.519. The molecule has 1 saturated carbocycles. The third-order valence-corrected chi connectivity index (χ3v) is 8.22. The maximum atomic E-state index is 3.97. The molecule has 5 rings (SSSR count). The van der Waals surface area contributed by atoms with Gasteiger partial charge in [0.15, 0.2) is 0 Å². The highest BCUT2D eigenvalue weighted by Crippen LogP contribution is 2.59. The van der Waals surface area contributed by atoms with E-state index in [4.69, 9.17) is 0 Å². The Morgan fingerprint density at radius 3 is 2.55 bits per heavy atom. The summed E-state index contributed by atoms with van der Waals surface area (Å²) in [7, 11) is 0. The molecule has 2 N–H and O–H groups in total. The van der Waals surface area contributed by atoms with Crippen molar-refractivity contribution in [1.82, 2.24) is 15.5 Å². The minimum absolute atomic E-state index is 0.519. The molecule has 4 heterocycles. The molecular weight excluding hydrogens is 270 g/mol. The van der Waals surface area contributed by atoms with Crippen LogP contribution in [0.2, 0.25) is 0 Å². The fraction of sp³-hybridized carbons (Fsp3) is 1.00. The molecule has 0 amide bonds. The molecule has 0 aromatic heterocycles. The van der Waals surface area contributed by atoms with Crippen LogP contribution in [0.5, 0.6) is 0 Å². The van der Waals surface area contributed by atoms with Gasteiger partial charge in [-0.05, 0) is 74.8 Å². The van der Waals surface area contributed by atoms with Crippen molar-refractivity contribution in [2.45, 2.75) is 83.1 Å². The molecular formula is C19H33N3. The van der Waals surface area contributed by atoms with Gasteiger partial charge in [-0.2, -0.15) is 0 Å². The largest absolute Gasteiger partial charge is 0.312 e. The van der Waals surface area contributed by atoms with Crippen molar-refractivity contribution in [2.75, 3.05) is 13.1 Å². The standard InChI is InChI=1S/C19H33N3/c1-19(2)13-7-3-6-12-16-15(9-5-10-20-16)22(17(12)13)18-14(19)8-4-11-21-18/h12-18,20-21H,3-11H2,1-2H3. The van der Waals surface area contributed by atoms with Gasteiger partial charge in [-0.3, -0.25) is 4.90 Å². The first-order valence-electron chi connectivity index (χ1n) is 9.94. The predicted octanol–water partition coefficient (Wildman–Crippen LogP) is 2.57. The van der Waals surface area contributed by atoms with Gasteiger partial charge >= 0.3 is 0 Å². The Morgan fingerprint density at radius 2 is 1.64 bits per heavy atom. The third kappa shape index (κ3) is 1.74. The Bertz CT molecular complexity index is 448. The molecule has 7 unspecified atom stereocenters. The zero-order valence-corrected chi connectivity index (χ0v) is 14.4. The van der Waals surface area contributed by atoms with E-state index in [2.05, 4.69) is 29.4 Å². The van der Waals surface area contributed by atoms with E-state index >= 15 is 0 Å². The second-order valence-electron chi connectivity index (χ2n) is 9.30. The molecule has 0 radical (unpaired) electrons. The average Bonchev–Trinajstić information content (AvgIpc) is 2.88. The lowest BCUT2D eigenvalue weighted by molar-refractivity contribution is -0.130. The minimum Gasteiger partial charge on any atom is -0.312 e. The molecule has 0 spiro atoms. The lowest BCUT2D eigenvalue weighted by Crippen LogP contribution is -2.69. The van der Waals surface area contributed by atoms with E-state index < -0.39 is 0 Å². The summed E-state index contributed by atoms with van der Waals surface area (Å²) in [6.45, 7) is 7.71. The van der Waals surface area contributed by atoms with Gasteiger partial charge in [-0.1, -0.05) is 20.3 Å². The molecule has 124 valence electrons. The van der Waals surface area contributed by atoms with Crippen LogP contribution in [0.3, 0.4) is 0 Å². The average molecular weight is 303 g/mol. The first kappa shape index (κ1) is 14.2. The summed E-state index contributed by atoms with van der Waals surface area (Å²) in [6.07, 6.45) is 10.7. The van der Waals surface area contributed by atoms with Crippen LogP contribution in [0.1, 0.15) is 58.8 Å². The molecule has 0 bridgehead atoms. The molecule has 4 saturated heterocycles. The van der Waals surface area contributed by atoms with Crippen LogP contribution >= 0.6 is 0 Å². The molecule has 3 nitrogen and oxygen atoms in total. The second-order valence-corrected chi connectivity index (χ2v) is 9.30. The van der Waals surface area contributed by atoms with Crippen LogP contribution in [0.15, 0.2) is 0 Å². The van der Waals surface area contributed by atoms with Crippen molar-refractivity contribution >= 4 is 0 Å². The number of fused-ring (bicyclic) bond motifs is 5. The van der Waals surface area contributed by atoms with Gasteiger partial charge in [0.25, 0.3) is 0 Å². The summed E-state index contributed by atoms with van der Waals surface area (Å²) in [5, 5.41) is 7.91.